The van der Waals surface area contributed by atoms with E-state index in [2.05, 4.69) is 5.32 Å². The van der Waals surface area contributed by atoms with Crippen LogP contribution in [0.15, 0.2) is 0 Å². The van der Waals surface area contributed by atoms with Gasteiger partial charge in [-0.2, -0.15) is 0 Å². The fourth-order valence-electron chi connectivity index (χ4n) is 2.25. The fraction of sp³-hybridized carbons (Fsp3) is 1.00. The van der Waals surface area contributed by atoms with E-state index in [1.165, 1.54) is 38.5 Å². The third kappa shape index (κ3) is 8.58. The zero-order valence-electron chi connectivity index (χ0n) is 11.4. The molecule has 1 aliphatic rings. The Kier molecular flexibility index (Phi) is 9.66. The Balaban J connectivity index is 1.75. The molecule has 0 aromatic rings. The van der Waals surface area contributed by atoms with Gasteiger partial charge in [-0.25, -0.2) is 0 Å². The molecule has 0 amide bonds. The lowest BCUT2D eigenvalue weighted by Crippen LogP contribution is -2.25. The van der Waals surface area contributed by atoms with Crippen LogP contribution in [0.2, 0.25) is 0 Å². The van der Waals surface area contributed by atoms with Crippen molar-refractivity contribution >= 4 is 0 Å². The van der Waals surface area contributed by atoms with E-state index < -0.39 is 0 Å². The fourth-order valence-corrected chi connectivity index (χ4v) is 2.25. The maximum absolute atomic E-state index is 5.84. The van der Waals surface area contributed by atoms with Crippen molar-refractivity contribution in [3.63, 3.8) is 0 Å². The quantitative estimate of drug-likeness (QED) is 0.598. The molecule has 102 valence electrons. The van der Waals surface area contributed by atoms with Gasteiger partial charge < -0.3 is 14.8 Å². The maximum atomic E-state index is 5.84. The molecule has 0 radical (unpaired) electrons. The normalized spacial score (nSPS) is 17.5. The van der Waals surface area contributed by atoms with Gasteiger partial charge in [0.25, 0.3) is 0 Å². The number of nitrogens with one attached hydrogen (secondary N) is 1. The molecule has 0 aromatic heterocycles. The lowest BCUT2D eigenvalue weighted by molar-refractivity contribution is 0.0303. The standard InChI is InChI=1S/C14H29NO2/c1-2-16-12-7-6-10-15-11-13-17-14-8-4-3-5-9-14/h14-15H,2-13H2,1H3. The van der Waals surface area contributed by atoms with Crippen LogP contribution >= 0.6 is 0 Å². The van der Waals surface area contributed by atoms with Gasteiger partial charge in [-0.3, -0.25) is 0 Å². The summed E-state index contributed by atoms with van der Waals surface area (Å²) in [5.41, 5.74) is 0. The zero-order valence-corrected chi connectivity index (χ0v) is 11.4. The number of hydrogen-bond donors (Lipinski definition) is 1. The molecule has 0 atom stereocenters. The Bertz CT molecular complexity index is 158. The van der Waals surface area contributed by atoms with Crippen LogP contribution < -0.4 is 5.32 Å². The zero-order chi connectivity index (χ0) is 12.2. The van der Waals surface area contributed by atoms with Crippen LogP contribution in [0.5, 0.6) is 0 Å². The first-order valence-electron chi connectivity index (χ1n) is 7.33. The summed E-state index contributed by atoms with van der Waals surface area (Å²) < 4.78 is 11.1. The predicted octanol–water partition coefficient (Wildman–Crippen LogP) is 2.74. The molecule has 0 heterocycles. The molecular formula is C14H29NO2. The van der Waals surface area contributed by atoms with E-state index in [4.69, 9.17) is 9.47 Å². The summed E-state index contributed by atoms with van der Waals surface area (Å²) in [4.78, 5) is 0. The molecule has 1 rings (SSSR count). The van der Waals surface area contributed by atoms with Gasteiger partial charge in [0.1, 0.15) is 0 Å². The maximum Gasteiger partial charge on any atom is 0.0594 e. The molecule has 1 N–H and O–H groups in total. The van der Waals surface area contributed by atoms with Gasteiger partial charge in [0, 0.05) is 19.8 Å². The summed E-state index contributed by atoms with van der Waals surface area (Å²) in [6, 6.07) is 0. The molecule has 1 aliphatic carbocycles. The molecule has 3 heteroatoms. The average Bonchev–Trinajstić information content (AvgIpc) is 2.38. The third-order valence-electron chi connectivity index (χ3n) is 3.28. The summed E-state index contributed by atoms with van der Waals surface area (Å²) in [7, 11) is 0. The second-order valence-corrected chi connectivity index (χ2v) is 4.78. The average molecular weight is 243 g/mol. The number of ether oxygens (including phenoxy) is 2. The minimum absolute atomic E-state index is 0.545. The Hall–Kier alpha value is -0.120. The van der Waals surface area contributed by atoms with Gasteiger partial charge in [0.15, 0.2) is 0 Å². The molecule has 1 fully saturated rings. The van der Waals surface area contributed by atoms with Crippen molar-refractivity contribution in [1.82, 2.24) is 5.32 Å². The van der Waals surface area contributed by atoms with Crippen molar-refractivity contribution < 1.29 is 9.47 Å². The van der Waals surface area contributed by atoms with E-state index in [-0.39, 0.29) is 0 Å². The van der Waals surface area contributed by atoms with Gasteiger partial charge in [0.05, 0.1) is 12.7 Å². The molecule has 0 saturated heterocycles. The number of hydrogen-bond acceptors (Lipinski definition) is 3. The summed E-state index contributed by atoms with van der Waals surface area (Å²) in [5, 5.41) is 3.42. The second kappa shape index (κ2) is 11.0. The van der Waals surface area contributed by atoms with Crippen LogP contribution in [0.4, 0.5) is 0 Å². The van der Waals surface area contributed by atoms with Crippen molar-refractivity contribution in [1.29, 1.82) is 0 Å². The highest BCUT2D eigenvalue weighted by molar-refractivity contribution is 4.65. The van der Waals surface area contributed by atoms with E-state index >= 15 is 0 Å². The van der Waals surface area contributed by atoms with E-state index in [0.717, 1.165) is 39.3 Å². The minimum atomic E-state index is 0.545. The highest BCUT2D eigenvalue weighted by atomic mass is 16.5. The van der Waals surface area contributed by atoms with Crippen LogP contribution in [0.1, 0.15) is 51.9 Å². The molecule has 0 bridgehead atoms. The van der Waals surface area contributed by atoms with Gasteiger partial charge in [0.2, 0.25) is 0 Å². The van der Waals surface area contributed by atoms with Crippen LogP contribution in [-0.4, -0.2) is 39.0 Å². The Morgan fingerprint density at radius 3 is 2.59 bits per heavy atom. The smallest absolute Gasteiger partial charge is 0.0594 e. The summed E-state index contributed by atoms with van der Waals surface area (Å²) in [6.07, 6.45) is 9.56. The topological polar surface area (TPSA) is 30.5 Å². The van der Waals surface area contributed by atoms with Crippen molar-refractivity contribution in [3.05, 3.63) is 0 Å². The van der Waals surface area contributed by atoms with E-state index in [9.17, 15) is 0 Å². The Labute approximate surface area is 106 Å². The van der Waals surface area contributed by atoms with E-state index in [1.54, 1.807) is 0 Å². The first kappa shape index (κ1) is 14.9. The van der Waals surface area contributed by atoms with Gasteiger partial charge in [-0.15, -0.1) is 0 Å². The van der Waals surface area contributed by atoms with Crippen molar-refractivity contribution in [2.75, 3.05) is 32.9 Å². The molecule has 1 saturated carbocycles. The number of unbranched alkanes of at least 4 members (excludes halogenated alkanes) is 1. The van der Waals surface area contributed by atoms with Gasteiger partial charge in [-0.1, -0.05) is 19.3 Å². The van der Waals surface area contributed by atoms with E-state index in [0.29, 0.717) is 6.10 Å². The van der Waals surface area contributed by atoms with Crippen molar-refractivity contribution in [2.45, 2.75) is 58.0 Å². The van der Waals surface area contributed by atoms with Crippen molar-refractivity contribution in [3.8, 4) is 0 Å². The molecule has 0 aromatic carbocycles. The van der Waals surface area contributed by atoms with Gasteiger partial charge >= 0.3 is 0 Å². The highest BCUT2D eigenvalue weighted by Crippen LogP contribution is 2.19. The monoisotopic (exact) mass is 243 g/mol. The van der Waals surface area contributed by atoms with Crippen LogP contribution in [0, 0.1) is 0 Å². The van der Waals surface area contributed by atoms with Crippen LogP contribution in [-0.2, 0) is 9.47 Å². The first-order valence-corrected chi connectivity index (χ1v) is 7.33. The molecule has 3 nitrogen and oxygen atoms in total. The summed E-state index contributed by atoms with van der Waals surface area (Å²) >= 11 is 0. The van der Waals surface area contributed by atoms with Gasteiger partial charge in [-0.05, 0) is 39.2 Å². The predicted molar refractivity (Wildman–Crippen MR) is 71.4 cm³/mol. The van der Waals surface area contributed by atoms with Crippen molar-refractivity contribution in [2.24, 2.45) is 0 Å². The molecule has 0 unspecified atom stereocenters. The highest BCUT2D eigenvalue weighted by Gasteiger charge is 2.12. The molecular weight excluding hydrogens is 214 g/mol. The summed E-state index contributed by atoms with van der Waals surface area (Å²) in [5.74, 6) is 0. The van der Waals surface area contributed by atoms with Crippen LogP contribution in [0.25, 0.3) is 0 Å². The Morgan fingerprint density at radius 1 is 1.00 bits per heavy atom. The minimum Gasteiger partial charge on any atom is -0.382 e. The summed E-state index contributed by atoms with van der Waals surface area (Å²) in [6.45, 7) is 6.72. The second-order valence-electron chi connectivity index (χ2n) is 4.78. The molecule has 0 aliphatic heterocycles. The molecule has 17 heavy (non-hydrogen) atoms. The molecule has 0 spiro atoms. The lowest BCUT2D eigenvalue weighted by Gasteiger charge is -2.22. The first-order chi connectivity index (χ1) is 8.43. The number of rotatable bonds is 10. The Morgan fingerprint density at radius 2 is 1.82 bits per heavy atom. The van der Waals surface area contributed by atoms with E-state index in [1.807, 2.05) is 6.92 Å². The third-order valence-corrected chi connectivity index (χ3v) is 3.28. The lowest BCUT2D eigenvalue weighted by atomic mass is 9.98. The SMILES string of the molecule is CCOCCCCNCCOC1CCCCC1. The van der Waals surface area contributed by atoms with Crippen LogP contribution in [0.3, 0.4) is 0 Å². The largest absolute Gasteiger partial charge is 0.382 e.